The van der Waals surface area contributed by atoms with Crippen molar-refractivity contribution in [1.29, 1.82) is 0 Å². The van der Waals surface area contributed by atoms with Crippen molar-refractivity contribution in [2.45, 2.75) is 71.5 Å². The maximum Gasteiger partial charge on any atom is 0.288 e. The van der Waals surface area contributed by atoms with Crippen LogP contribution >= 0.6 is 0 Å². The van der Waals surface area contributed by atoms with E-state index in [2.05, 4.69) is 13.8 Å². The number of nitrogens with zero attached hydrogens (tertiary/aromatic N) is 1. The second-order valence-electron chi connectivity index (χ2n) is 7.58. The van der Waals surface area contributed by atoms with Gasteiger partial charge in [-0.25, -0.2) is 0 Å². The van der Waals surface area contributed by atoms with E-state index >= 15 is 0 Å². The van der Waals surface area contributed by atoms with Gasteiger partial charge in [-0.3, -0.25) is 4.79 Å². The van der Waals surface area contributed by atoms with Crippen molar-refractivity contribution in [2.75, 3.05) is 26.3 Å². The van der Waals surface area contributed by atoms with Crippen molar-refractivity contribution < 1.29 is 19.4 Å². The van der Waals surface area contributed by atoms with Gasteiger partial charge in [-0.05, 0) is 43.6 Å². The minimum Gasteiger partial charge on any atom is -0.459 e. The van der Waals surface area contributed by atoms with Gasteiger partial charge in [-0.15, -0.1) is 0 Å². The van der Waals surface area contributed by atoms with Gasteiger partial charge in [0.25, 0.3) is 5.91 Å². The van der Waals surface area contributed by atoms with E-state index in [-0.39, 0.29) is 18.8 Å². The van der Waals surface area contributed by atoms with E-state index < -0.39 is 0 Å². The SMILES string of the molecule is CC(C)C1C=C(C(=O)N2CCCCCCC2)OC(OCCCCO)C1. The molecule has 1 amide bonds. The van der Waals surface area contributed by atoms with E-state index in [0.29, 0.717) is 24.2 Å². The Morgan fingerprint density at radius 1 is 1.24 bits per heavy atom. The minimum atomic E-state index is -0.357. The standard InChI is InChI=1S/C20H35NO4/c1-16(2)17-14-18(25-19(15-17)24-13-9-8-12-22)20(23)21-10-6-4-3-5-7-11-21/h14,16-17,19,22H,3-13,15H2,1-2H3. The average molecular weight is 354 g/mol. The molecule has 2 unspecified atom stereocenters. The summed E-state index contributed by atoms with van der Waals surface area (Å²) in [7, 11) is 0. The number of carbonyl (C=O) groups excluding carboxylic acids is 1. The molecule has 2 atom stereocenters. The topological polar surface area (TPSA) is 59.0 Å². The first-order valence-electron chi connectivity index (χ1n) is 10.0. The molecule has 2 heterocycles. The van der Waals surface area contributed by atoms with Crippen LogP contribution in [-0.2, 0) is 14.3 Å². The van der Waals surface area contributed by atoms with Gasteiger partial charge >= 0.3 is 0 Å². The molecule has 0 aromatic rings. The Bertz CT molecular complexity index is 427. The third-order valence-corrected chi connectivity index (χ3v) is 5.16. The number of likely N-dealkylation sites (tertiary alicyclic amines) is 1. The number of ether oxygens (including phenoxy) is 2. The highest BCUT2D eigenvalue weighted by Crippen LogP contribution is 2.30. The van der Waals surface area contributed by atoms with Crippen molar-refractivity contribution in [1.82, 2.24) is 4.90 Å². The van der Waals surface area contributed by atoms with Gasteiger partial charge in [0.15, 0.2) is 5.76 Å². The molecule has 1 saturated heterocycles. The molecule has 0 aromatic heterocycles. The Morgan fingerprint density at radius 3 is 2.56 bits per heavy atom. The fourth-order valence-corrected chi connectivity index (χ4v) is 3.44. The molecule has 1 fully saturated rings. The molecule has 5 nitrogen and oxygen atoms in total. The summed E-state index contributed by atoms with van der Waals surface area (Å²) < 4.78 is 11.8. The summed E-state index contributed by atoms with van der Waals surface area (Å²) >= 11 is 0. The largest absolute Gasteiger partial charge is 0.459 e. The summed E-state index contributed by atoms with van der Waals surface area (Å²) in [4.78, 5) is 14.9. The monoisotopic (exact) mass is 353 g/mol. The van der Waals surface area contributed by atoms with E-state index in [1.54, 1.807) is 0 Å². The van der Waals surface area contributed by atoms with E-state index in [1.165, 1.54) is 19.3 Å². The molecule has 1 N–H and O–H groups in total. The van der Waals surface area contributed by atoms with Crippen LogP contribution in [0.25, 0.3) is 0 Å². The number of rotatable bonds is 7. The number of unbranched alkanes of at least 4 members (excludes halogenated alkanes) is 1. The van der Waals surface area contributed by atoms with Gasteiger partial charge < -0.3 is 19.5 Å². The van der Waals surface area contributed by atoms with Crippen LogP contribution in [0.3, 0.4) is 0 Å². The molecule has 0 spiro atoms. The molecule has 0 bridgehead atoms. The molecule has 2 aliphatic heterocycles. The number of aliphatic hydroxyl groups excluding tert-OH is 1. The molecule has 25 heavy (non-hydrogen) atoms. The number of carbonyl (C=O) groups is 1. The van der Waals surface area contributed by atoms with Crippen LogP contribution in [0.1, 0.15) is 65.2 Å². The maximum absolute atomic E-state index is 13.0. The lowest BCUT2D eigenvalue weighted by molar-refractivity contribution is -0.156. The fourth-order valence-electron chi connectivity index (χ4n) is 3.44. The number of hydrogen-bond donors (Lipinski definition) is 1. The van der Waals surface area contributed by atoms with Crippen molar-refractivity contribution in [2.24, 2.45) is 11.8 Å². The Hall–Kier alpha value is -1.07. The van der Waals surface area contributed by atoms with Crippen LogP contribution in [-0.4, -0.2) is 48.5 Å². The first-order chi connectivity index (χ1) is 12.1. The highest BCUT2D eigenvalue weighted by Gasteiger charge is 2.31. The summed E-state index contributed by atoms with van der Waals surface area (Å²) in [6, 6.07) is 0. The first kappa shape index (κ1) is 20.2. The maximum atomic E-state index is 13.0. The second kappa shape index (κ2) is 10.8. The molecule has 2 rings (SSSR count). The smallest absolute Gasteiger partial charge is 0.288 e. The fraction of sp³-hybridized carbons (Fsp3) is 0.850. The van der Waals surface area contributed by atoms with Crippen LogP contribution in [0, 0.1) is 11.8 Å². The third-order valence-electron chi connectivity index (χ3n) is 5.16. The molecule has 0 saturated carbocycles. The summed E-state index contributed by atoms with van der Waals surface area (Å²) in [5.41, 5.74) is 0. The van der Waals surface area contributed by atoms with Crippen molar-refractivity contribution >= 4 is 5.91 Å². The van der Waals surface area contributed by atoms with E-state index in [9.17, 15) is 4.79 Å². The molecule has 144 valence electrons. The van der Waals surface area contributed by atoms with Crippen molar-refractivity contribution in [3.05, 3.63) is 11.8 Å². The molecular formula is C20H35NO4. The minimum absolute atomic E-state index is 0.0243. The molecule has 0 aromatic carbocycles. The lowest BCUT2D eigenvalue weighted by Crippen LogP contribution is -2.39. The number of allylic oxidation sites excluding steroid dienone is 1. The summed E-state index contributed by atoms with van der Waals surface area (Å²) in [6.07, 6.45) is 9.82. The van der Waals surface area contributed by atoms with Crippen LogP contribution < -0.4 is 0 Å². The molecule has 0 aliphatic carbocycles. The van der Waals surface area contributed by atoms with Crippen LogP contribution in [0.2, 0.25) is 0 Å². The van der Waals surface area contributed by atoms with E-state index in [0.717, 1.165) is 45.2 Å². The molecule has 0 radical (unpaired) electrons. The number of amides is 1. The summed E-state index contributed by atoms with van der Waals surface area (Å²) in [6.45, 7) is 6.74. The van der Waals surface area contributed by atoms with Gasteiger partial charge in [0, 0.05) is 26.1 Å². The normalized spacial score (nSPS) is 25.1. The van der Waals surface area contributed by atoms with Crippen LogP contribution in [0.5, 0.6) is 0 Å². The summed E-state index contributed by atoms with van der Waals surface area (Å²) in [5, 5.41) is 8.87. The number of aliphatic hydroxyl groups is 1. The van der Waals surface area contributed by atoms with E-state index in [1.807, 2.05) is 11.0 Å². The van der Waals surface area contributed by atoms with E-state index in [4.69, 9.17) is 14.6 Å². The Labute approximate surface area is 152 Å². The average Bonchev–Trinajstić information content (AvgIpc) is 2.57. The van der Waals surface area contributed by atoms with Crippen LogP contribution in [0.15, 0.2) is 11.8 Å². The molecular weight excluding hydrogens is 318 g/mol. The predicted molar refractivity (Wildman–Crippen MR) is 97.8 cm³/mol. The lowest BCUT2D eigenvalue weighted by Gasteiger charge is -2.33. The Morgan fingerprint density at radius 2 is 1.92 bits per heavy atom. The zero-order valence-electron chi connectivity index (χ0n) is 15.9. The quantitative estimate of drug-likeness (QED) is 0.712. The number of hydrogen-bond acceptors (Lipinski definition) is 4. The highest BCUT2D eigenvalue weighted by atomic mass is 16.7. The second-order valence-corrected chi connectivity index (χ2v) is 7.58. The van der Waals surface area contributed by atoms with Gasteiger partial charge in [0.1, 0.15) is 0 Å². The van der Waals surface area contributed by atoms with Gasteiger partial charge in [-0.1, -0.05) is 33.1 Å². The molecule has 2 aliphatic rings. The van der Waals surface area contributed by atoms with Gasteiger partial charge in [0.2, 0.25) is 6.29 Å². The first-order valence-corrected chi connectivity index (χ1v) is 10.0. The third kappa shape index (κ3) is 6.63. The van der Waals surface area contributed by atoms with Gasteiger partial charge in [0.05, 0.1) is 6.61 Å². The predicted octanol–water partition coefficient (Wildman–Crippen LogP) is 3.47. The highest BCUT2D eigenvalue weighted by molar-refractivity contribution is 5.91. The Balaban J connectivity index is 1.98. The zero-order valence-corrected chi connectivity index (χ0v) is 15.9. The van der Waals surface area contributed by atoms with Crippen molar-refractivity contribution in [3.63, 3.8) is 0 Å². The zero-order chi connectivity index (χ0) is 18.1. The van der Waals surface area contributed by atoms with Crippen molar-refractivity contribution in [3.8, 4) is 0 Å². The van der Waals surface area contributed by atoms with Crippen LogP contribution in [0.4, 0.5) is 0 Å². The molecule has 5 heteroatoms. The lowest BCUT2D eigenvalue weighted by atomic mass is 9.90. The Kier molecular flexibility index (Phi) is 8.76. The van der Waals surface area contributed by atoms with Gasteiger partial charge in [-0.2, -0.15) is 0 Å². The summed E-state index contributed by atoms with van der Waals surface area (Å²) in [5.74, 6) is 1.24.